The van der Waals surface area contributed by atoms with E-state index in [4.69, 9.17) is 40.8 Å². The van der Waals surface area contributed by atoms with E-state index < -0.39 is 40.6 Å². The summed E-state index contributed by atoms with van der Waals surface area (Å²) in [6, 6.07) is 46.0. The molecular weight excluding hydrogens is 1300 g/mol. The number of fused-ring (bicyclic) bond motifs is 8. The maximum Gasteiger partial charge on any atom is 0.363 e. The van der Waals surface area contributed by atoms with Crippen LogP contribution in [0.25, 0.3) is 32.7 Å². The summed E-state index contributed by atoms with van der Waals surface area (Å²) in [5.41, 5.74) is 1.99. The van der Waals surface area contributed by atoms with Crippen LogP contribution in [0.15, 0.2) is 162 Å². The van der Waals surface area contributed by atoms with Gasteiger partial charge in [0, 0.05) is 80.2 Å². The number of aromatic nitrogens is 4. The molecule has 4 aliphatic heterocycles. The Morgan fingerprint density at radius 3 is 1.74 bits per heavy atom. The number of aliphatic hydroxyl groups is 2. The average Bonchev–Trinajstić information content (AvgIpc) is 1.55. The lowest BCUT2D eigenvalue weighted by molar-refractivity contribution is -0.156. The minimum atomic E-state index is -1.28. The monoisotopic (exact) mass is 1370 g/mol. The van der Waals surface area contributed by atoms with Crippen molar-refractivity contribution in [1.29, 1.82) is 0 Å². The van der Waals surface area contributed by atoms with Crippen LogP contribution in [-0.4, -0.2) is 189 Å². The number of halogens is 3. The molecule has 4 aliphatic rings. The van der Waals surface area contributed by atoms with E-state index >= 15 is 0 Å². The zero-order valence-corrected chi connectivity index (χ0v) is 52.9. The Morgan fingerprint density at radius 1 is 0.707 bits per heavy atom. The van der Waals surface area contributed by atoms with Crippen molar-refractivity contribution in [3.63, 3.8) is 0 Å². The number of benzene rings is 7. The number of piperidine rings is 1. The van der Waals surface area contributed by atoms with E-state index in [-0.39, 0.29) is 81.8 Å². The van der Waals surface area contributed by atoms with Gasteiger partial charge >= 0.3 is 23.6 Å². The molecule has 1 unspecified atom stereocenters. The van der Waals surface area contributed by atoms with Crippen LogP contribution >= 0.6 is 40.4 Å². The molecule has 2 bridgehead atoms. The average molecular weight is 1370 g/mol. The molecule has 486 valence electrons. The Kier molecular flexibility index (Phi) is 24.5. The van der Waals surface area contributed by atoms with Crippen LogP contribution < -0.4 is 11.2 Å². The zero-order valence-electron chi connectivity index (χ0n) is 49.7. The third kappa shape index (κ3) is 16.1. The molecular formula is C66H70BrCl2N7O16. The number of esters is 1. The van der Waals surface area contributed by atoms with Crippen molar-refractivity contribution in [2.45, 2.75) is 61.6 Å². The number of hydrogen-bond donors (Lipinski definition) is 10. The predicted octanol–water partition coefficient (Wildman–Crippen LogP) is 7.73. The number of hydrogen-bond acceptors (Lipinski definition) is 18. The highest BCUT2D eigenvalue weighted by Gasteiger charge is 2.63. The zero-order chi connectivity index (χ0) is 64.9. The van der Waals surface area contributed by atoms with Crippen molar-refractivity contribution >= 4 is 91.1 Å². The van der Waals surface area contributed by atoms with Crippen LogP contribution in [0.2, 0.25) is 5.02 Å². The number of phenols is 2. The quantitative estimate of drug-likeness (QED) is 0.0191. The van der Waals surface area contributed by atoms with E-state index in [0.29, 0.717) is 70.2 Å². The lowest BCUT2D eigenvalue weighted by Gasteiger charge is -2.39. The minimum absolute atomic E-state index is 0. The molecule has 0 spiro atoms. The van der Waals surface area contributed by atoms with Crippen molar-refractivity contribution in [1.82, 2.24) is 34.4 Å². The molecule has 7 atom stereocenters. The number of nitrogens with one attached hydrogen (secondary N) is 2. The number of nitrogens with zero attached hydrogens (tertiary/aromatic N) is 5. The van der Waals surface area contributed by atoms with Crippen molar-refractivity contribution in [2.75, 3.05) is 66.2 Å². The molecule has 0 saturated carbocycles. The fraction of sp³-hybridized carbons (Fsp3) is 0.303. The third-order valence-corrected chi connectivity index (χ3v) is 17.0. The fourth-order valence-corrected chi connectivity index (χ4v) is 12.3. The number of carboxylic acid groups (broad SMARTS) is 2. The number of aromatic hydroxyl groups is 2. The predicted molar refractivity (Wildman–Crippen MR) is 350 cm³/mol. The van der Waals surface area contributed by atoms with Gasteiger partial charge in [0.1, 0.15) is 46.9 Å². The van der Waals surface area contributed by atoms with Gasteiger partial charge < -0.3 is 55.0 Å². The molecule has 4 saturated heterocycles. The van der Waals surface area contributed by atoms with E-state index in [1.165, 1.54) is 29.6 Å². The normalized spacial score (nSPS) is 18.8. The van der Waals surface area contributed by atoms with Crippen molar-refractivity contribution < 1.29 is 69.1 Å². The lowest BCUT2D eigenvalue weighted by atomic mass is 9.90. The molecule has 2 aromatic heterocycles. The van der Waals surface area contributed by atoms with Crippen molar-refractivity contribution in [3.05, 3.63) is 217 Å². The Labute approximate surface area is 547 Å². The number of carbonyl (C=O) groups is 3. The highest BCUT2D eigenvalue weighted by atomic mass is 79.9. The number of aromatic carboxylic acids is 2. The number of piperazine rings is 1. The summed E-state index contributed by atoms with van der Waals surface area (Å²) in [5, 5.41) is 70.9. The molecule has 92 heavy (non-hydrogen) atoms. The number of imidazole rings is 1. The summed E-state index contributed by atoms with van der Waals surface area (Å²) in [6.45, 7) is 5.98. The molecule has 0 radical (unpaired) electrons. The molecule has 23 nitrogen and oxygen atoms in total. The van der Waals surface area contributed by atoms with Crippen LogP contribution in [-0.2, 0) is 25.4 Å². The number of ether oxygens (including phenoxy) is 3. The second-order valence-corrected chi connectivity index (χ2v) is 22.5. The van der Waals surface area contributed by atoms with Gasteiger partial charge in [0.15, 0.2) is 5.52 Å². The summed E-state index contributed by atoms with van der Waals surface area (Å²) >= 11 is 9.73. The molecule has 13 rings (SSSR count). The van der Waals surface area contributed by atoms with E-state index in [2.05, 4.69) is 86.0 Å². The van der Waals surface area contributed by atoms with Gasteiger partial charge in [-0.15, -0.1) is 21.7 Å². The first kappa shape index (κ1) is 69.6. The Morgan fingerprint density at radius 2 is 1.22 bits per heavy atom. The number of likely N-dealkylation sites (N-methyl/N-ethyl adjacent to an activating group) is 1. The van der Waals surface area contributed by atoms with Crippen LogP contribution in [0.4, 0.5) is 0 Å². The Hall–Kier alpha value is -8.24. The summed E-state index contributed by atoms with van der Waals surface area (Å²) in [6.07, 6.45) is 3.43. The summed E-state index contributed by atoms with van der Waals surface area (Å²) < 4.78 is 23.5. The maximum atomic E-state index is 12.4. The van der Waals surface area contributed by atoms with Gasteiger partial charge in [0.05, 0.1) is 50.7 Å². The molecule has 7 aromatic carbocycles. The second kappa shape index (κ2) is 32.4. The number of carboxylic acids is 2. The topological polar surface area (TPSA) is 337 Å². The van der Waals surface area contributed by atoms with Gasteiger partial charge in [-0.2, -0.15) is 0 Å². The van der Waals surface area contributed by atoms with Crippen LogP contribution in [0.3, 0.4) is 0 Å². The van der Waals surface area contributed by atoms with E-state index in [1.807, 2.05) is 47.4 Å². The third-order valence-electron chi connectivity index (χ3n) is 16.7. The molecule has 6 heterocycles. The first-order valence-electron chi connectivity index (χ1n) is 29.2. The van der Waals surface area contributed by atoms with Crippen molar-refractivity contribution in [3.8, 4) is 11.5 Å². The van der Waals surface area contributed by atoms with Gasteiger partial charge in [-0.1, -0.05) is 133 Å². The fourth-order valence-electron chi connectivity index (χ4n) is 12.2. The molecule has 4 fully saturated rings. The number of aromatic amines is 2. The highest BCUT2D eigenvalue weighted by Crippen LogP contribution is 2.48. The summed E-state index contributed by atoms with van der Waals surface area (Å²) in [4.78, 5) is 72.6. The van der Waals surface area contributed by atoms with Gasteiger partial charge in [-0.3, -0.25) is 33.9 Å². The summed E-state index contributed by atoms with van der Waals surface area (Å²) in [7, 11) is 2.13. The molecule has 26 heteroatoms. The van der Waals surface area contributed by atoms with Crippen LogP contribution in [0.1, 0.15) is 73.3 Å². The summed E-state index contributed by atoms with van der Waals surface area (Å²) in [5.74, 6) is -4.27. The molecule has 0 aliphatic carbocycles. The minimum Gasteiger partial charge on any atom is -0.507 e. The lowest BCUT2D eigenvalue weighted by Crippen LogP contribution is -2.48. The number of rotatable bonds is 16. The number of aliphatic hydroxyl groups excluding tert-OH is 2. The van der Waals surface area contributed by atoms with Gasteiger partial charge in [-0.25, -0.2) is 19.4 Å². The smallest absolute Gasteiger partial charge is 0.363 e. The molecule has 10 N–H and O–H groups in total. The van der Waals surface area contributed by atoms with Crippen molar-refractivity contribution in [2.24, 2.45) is 0 Å². The van der Waals surface area contributed by atoms with E-state index in [1.54, 1.807) is 48.5 Å². The first-order valence-corrected chi connectivity index (χ1v) is 29.9. The highest BCUT2D eigenvalue weighted by molar-refractivity contribution is 8.93. The second-order valence-electron chi connectivity index (χ2n) is 22.0. The van der Waals surface area contributed by atoms with Gasteiger partial charge in [-0.05, 0) is 69.5 Å². The van der Waals surface area contributed by atoms with E-state index in [9.17, 15) is 49.5 Å². The molecule has 0 amide bonds. The maximum absolute atomic E-state index is 12.4. The first-order chi connectivity index (χ1) is 44.0. The number of epoxide rings is 1. The van der Waals surface area contributed by atoms with Gasteiger partial charge in [0.2, 0.25) is 5.65 Å². The number of morpholine rings is 1. The largest absolute Gasteiger partial charge is 0.507 e. The van der Waals surface area contributed by atoms with Crippen LogP contribution in [0.5, 0.6) is 11.5 Å². The molecule has 9 aromatic rings. The van der Waals surface area contributed by atoms with E-state index in [0.717, 1.165) is 56.2 Å². The van der Waals surface area contributed by atoms with Gasteiger partial charge in [0.25, 0.3) is 5.56 Å². The van der Waals surface area contributed by atoms with Crippen LogP contribution in [0, 0.1) is 0 Å². The Bertz CT molecular complexity index is 3960. The number of H-pyrrole nitrogens is 2. The Balaban J connectivity index is 0.000000161. The standard InChI is InChI=1S/C23H16O6.C21H27ClN2O2.C17H21NO4.C5H4N4O3.BrH.ClHO/c24-20-16(14-7-3-1-5-12(14)9-18(20)22(26)27)11-17-15-8-4-2-6-13(15)10-19(21(17)25)23(28)29;22-20-8-6-19(7-9-20)21(18-4-2-1-3-5-18)24-12-10-23(11-13-24)14-16-26-17-15-25;1-18-13-7-11(8-14(18)16-15(13)22-16)21-17(20)12(9-19)10-5-3-2-4-6-10;10-4-2-3(7-1-6-2)9(12)5(11)8-4;;1-2/h1-10,24-25H,11H2,(H,26,27)(H,28,29);1-9,21,25H,10-17H2;2-6,11-16,19H,7-9H2,1H3;1,12H,(H,6,7)(H,8,10,11);1H;2H/t;;11-,12-,13-,14+,15-,16+;;;/m..1.../s1. The number of carbonyl (C=O) groups excluding carboxylic acids is 1. The SMILES string of the molecule is Br.CN1[C@@H]2C[C@@H](OC(=O)[C@H](CO)c3ccccc3)C[C@H]1[C@@H]1O[C@@H]12.O=C(O)c1cc2ccccc2c(Cc2c(O)c(C(=O)O)cc3ccccc23)c1O.O=c1[nH]c(=O)n(O)c2nc[nH]c12.OCCOCCN1CCN(C(c2ccccc2)c2ccc(Cl)cc2)CC1.OCl.